The first-order valence-electron chi connectivity index (χ1n) is 7.87. The molecule has 3 rings (SSSR count). The van der Waals surface area contributed by atoms with Crippen LogP contribution >= 0.6 is 36.4 Å². The van der Waals surface area contributed by atoms with Gasteiger partial charge in [0.1, 0.15) is 5.75 Å². The predicted molar refractivity (Wildman–Crippen MR) is 108 cm³/mol. The van der Waals surface area contributed by atoms with Crippen molar-refractivity contribution in [3.63, 3.8) is 0 Å². The third-order valence-electron chi connectivity index (χ3n) is 4.50. The molecule has 1 heterocycles. The zero-order chi connectivity index (χ0) is 16.4. The first-order chi connectivity index (χ1) is 11.1. The molecule has 0 amide bonds. The van der Waals surface area contributed by atoms with E-state index in [0.29, 0.717) is 10.8 Å². The van der Waals surface area contributed by atoms with Gasteiger partial charge in [-0.05, 0) is 24.4 Å². The Morgan fingerprint density at radius 2 is 1.88 bits per heavy atom. The maximum atomic E-state index is 12.8. The lowest BCUT2D eigenvalue weighted by atomic mass is 10.00. The molecule has 1 aliphatic rings. The largest absolute Gasteiger partial charge is 0.495 e. The second-order valence-electron chi connectivity index (χ2n) is 5.84. The molecule has 4 nitrogen and oxygen atoms in total. The van der Waals surface area contributed by atoms with E-state index in [0.717, 1.165) is 42.5 Å². The normalized spacial score (nSPS) is 15.8. The number of rotatable bonds is 4. The molecule has 0 aliphatic carbocycles. The van der Waals surface area contributed by atoms with E-state index in [4.69, 9.17) is 16.3 Å². The summed E-state index contributed by atoms with van der Waals surface area (Å²) in [6.45, 7) is 5.67. The summed E-state index contributed by atoms with van der Waals surface area (Å²) in [6, 6.07) is 9.34. The van der Waals surface area contributed by atoms with Crippen molar-refractivity contribution in [2.24, 2.45) is 0 Å². The highest BCUT2D eigenvalue weighted by Crippen LogP contribution is 2.33. The maximum absolute atomic E-state index is 12.8. The zero-order valence-corrected chi connectivity index (χ0v) is 16.6. The number of nitrogens with zero attached hydrogens (tertiary/aromatic N) is 1. The number of piperazine rings is 1. The molecular weight excluding hydrogens is 383 g/mol. The minimum Gasteiger partial charge on any atom is -0.495 e. The Hall–Kier alpha value is -1.04. The maximum Gasteiger partial charge on any atom is 0.179 e. The Kier molecular flexibility index (Phi) is 8.45. The number of hydrogen-bond donors (Lipinski definition) is 1. The fourth-order valence-corrected chi connectivity index (χ4v) is 3.37. The van der Waals surface area contributed by atoms with Gasteiger partial charge in [-0.2, -0.15) is 0 Å². The quantitative estimate of drug-likeness (QED) is 0.785. The van der Waals surface area contributed by atoms with Crippen LogP contribution in [0, 0.1) is 0 Å². The van der Waals surface area contributed by atoms with Crippen molar-refractivity contribution in [2.45, 2.75) is 13.0 Å². The lowest BCUT2D eigenvalue weighted by molar-refractivity contribution is 0.0820. The molecule has 1 N–H and O–H groups in total. The van der Waals surface area contributed by atoms with Gasteiger partial charge in [0, 0.05) is 37.1 Å². The molecule has 0 bridgehead atoms. The minimum atomic E-state index is -0.108. The predicted octanol–water partition coefficient (Wildman–Crippen LogP) is 3.82. The highest BCUT2D eigenvalue weighted by molar-refractivity contribution is 6.37. The standard InChI is InChI=1S/C18H21ClN2O2.2ClH/c1-12(21-9-7-20-8-10-21)18(22)14-3-5-15-13(11-14)4-6-16(23-2)17(15)19;;/h3-6,11-12,20H,7-10H2,1-2H3;2*1H. The molecule has 25 heavy (non-hydrogen) atoms. The summed E-state index contributed by atoms with van der Waals surface area (Å²) >= 11 is 6.33. The van der Waals surface area contributed by atoms with Gasteiger partial charge in [-0.15, -0.1) is 24.8 Å². The van der Waals surface area contributed by atoms with Crippen LogP contribution in [0.3, 0.4) is 0 Å². The molecule has 1 saturated heterocycles. The number of nitrogens with one attached hydrogen (secondary N) is 1. The van der Waals surface area contributed by atoms with E-state index in [1.807, 2.05) is 37.3 Å². The molecule has 1 atom stereocenters. The van der Waals surface area contributed by atoms with Crippen LogP contribution in [0.1, 0.15) is 17.3 Å². The fourth-order valence-electron chi connectivity index (χ4n) is 3.06. The van der Waals surface area contributed by atoms with Gasteiger partial charge >= 0.3 is 0 Å². The summed E-state index contributed by atoms with van der Waals surface area (Å²) in [5.74, 6) is 0.799. The average Bonchev–Trinajstić information content (AvgIpc) is 2.61. The summed E-state index contributed by atoms with van der Waals surface area (Å²) in [5, 5.41) is 5.75. The van der Waals surface area contributed by atoms with E-state index in [1.54, 1.807) is 7.11 Å². The number of ketones is 1. The van der Waals surface area contributed by atoms with Gasteiger partial charge in [0.15, 0.2) is 5.78 Å². The number of benzene rings is 2. The number of ether oxygens (including phenoxy) is 1. The van der Waals surface area contributed by atoms with E-state index < -0.39 is 0 Å². The van der Waals surface area contributed by atoms with Crippen molar-refractivity contribution in [3.8, 4) is 5.75 Å². The van der Waals surface area contributed by atoms with Gasteiger partial charge < -0.3 is 10.1 Å². The molecule has 1 unspecified atom stereocenters. The number of hydrogen-bond acceptors (Lipinski definition) is 4. The van der Waals surface area contributed by atoms with E-state index in [9.17, 15) is 4.79 Å². The summed E-state index contributed by atoms with van der Waals surface area (Å²) in [4.78, 5) is 15.0. The van der Waals surface area contributed by atoms with Crippen molar-refractivity contribution < 1.29 is 9.53 Å². The summed E-state index contributed by atoms with van der Waals surface area (Å²) in [7, 11) is 1.60. The summed E-state index contributed by atoms with van der Waals surface area (Å²) < 4.78 is 5.24. The number of methoxy groups -OCH3 is 1. The second kappa shape index (κ2) is 9.60. The Morgan fingerprint density at radius 1 is 1.20 bits per heavy atom. The van der Waals surface area contributed by atoms with E-state index in [2.05, 4.69) is 10.2 Å². The second-order valence-corrected chi connectivity index (χ2v) is 6.22. The lowest BCUT2D eigenvalue weighted by Gasteiger charge is -2.31. The number of halogens is 3. The Morgan fingerprint density at radius 3 is 2.52 bits per heavy atom. The van der Waals surface area contributed by atoms with Gasteiger partial charge in [-0.3, -0.25) is 9.69 Å². The van der Waals surface area contributed by atoms with E-state index >= 15 is 0 Å². The van der Waals surface area contributed by atoms with Crippen LogP contribution in [0.4, 0.5) is 0 Å². The third kappa shape index (κ3) is 4.57. The number of carbonyl (C=O) groups excluding carboxylic acids is 1. The number of carbonyl (C=O) groups is 1. The molecule has 0 radical (unpaired) electrons. The Balaban J connectivity index is 0.00000156. The van der Waals surface area contributed by atoms with Crippen molar-refractivity contribution in [3.05, 3.63) is 40.9 Å². The Labute approximate surface area is 165 Å². The van der Waals surface area contributed by atoms with Crippen molar-refractivity contribution in [1.82, 2.24) is 10.2 Å². The Bertz CT molecular complexity index is 734. The van der Waals surface area contributed by atoms with E-state index in [1.165, 1.54) is 0 Å². The topological polar surface area (TPSA) is 41.6 Å². The number of Topliss-reactive ketones (excluding diaryl/α,β-unsaturated/α-hetero) is 1. The first kappa shape index (κ1) is 22.0. The molecule has 0 aromatic heterocycles. The summed E-state index contributed by atoms with van der Waals surface area (Å²) in [6.07, 6.45) is 0. The monoisotopic (exact) mass is 404 g/mol. The molecule has 138 valence electrons. The SMILES string of the molecule is COc1ccc2cc(C(=O)C(C)N3CCNCC3)ccc2c1Cl.Cl.Cl. The zero-order valence-electron chi connectivity index (χ0n) is 14.3. The highest BCUT2D eigenvalue weighted by Gasteiger charge is 2.24. The average molecular weight is 406 g/mol. The van der Waals surface area contributed by atoms with Crippen LogP contribution in [0.5, 0.6) is 5.75 Å². The first-order valence-corrected chi connectivity index (χ1v) is 8.25. The smallest absolute Gasteiger partial charge is 0.179 e. The molecule has 2 aromatic carbocycles. The minimum absolute atomic E-state index is 0. The van der Waals surface area contributed by atoms with Crippen LogP contribution < -0.4 is 10.1 Å². The van der Waals surface area contributed by atoms with Crippen LogP contribution in [0.15, 0.2) is 30.3 Å². The third-order valence-corrected chi connectivity index (χ3v) is 4.89. The molecule has 1 fully saturated rings. The van der Waals surface area contributed by atoms with Crippen molar-refractivity contribution in [2.75, 3.05) is 33.3 Å². The lowest BCUT2D eigenvalue weighted by Crippen LogP contribution is -2.50. The van der Waals surface area contributed by atoms with Crippen molar-refractivity contribution in [1.29, 1.82) is 0 Å². The molecule has 0 spiro atoms. The summed E-state index contributed by atoms with van der Waals surface area (Å²) in [5.41, 5.74) is 0.727. The van der Waals surface area contributed by atoms with Crippen LogP contribution in [-0.2, 0) is 0 Å². The van der Waals surface area contributed by atoms with E-state index in [-0.39, 0.29) is 36.6 Å². The van der Waals surface area contributed by atoms with Gasteiger partial charge in [-0.1, -0.05) is 29.8 Å². The van der Waals surface area contributed by atoms with Gasteiger partial charge in [0.05, 0.1) is 18.2 Å². The highest BCUT2D eigenvalue weighted by atomic mass is 35.5. The molecule has 7 heteroatoms. The van der Waals surface area contributed by atoms with Crippen LogP contribution in [-0.4, -0.2) is 50.0 Å². The van der Waals surface area contributed by atoms with Gasteiger partial charge in [-0.25, -0.2) is 0 Å². The van der Waals surface area contributed by atoms with Gasteiger partial charge in [0.2, 0.25) is 0 Å². The van der Waals surface area contributed by atoms with Crippen LogP contribution in [0.25, 0.3) is 10.8 Å². The fraction of sp³-hybridized carbons (Fsp3) is 0.389. The van der Waals surface area contributed by atoms with Crippen molar-refractivity contribution >= 4 is 53.0 Å². The molecular formula is C18H23Cl3N2O2. The molecule has 1 aliphatic heterocycles. The van der Waals surface area contributed by atoms with Gasteiger partial charge in [0.25, 0.3) is 0 Å². The number of fused-ring (bicyclic) bond motifs is 1. The molecule has 0 saturated carbocycles. The molecule has 2 aromatic rings. The van der Waals surface area contributed by atoms with Crippen LogP contribution in [0.2, 0.25) is 5.02 Å².